The van der Waals surface area contributed by atoms with E-state index in [1.54, 1.807) is 0 Å². The van der Waals surface area contributed by atoms with Crippen LogP contribution in [0.3, 0.4) is 0 Å². The summed E-state index contributed by atoms with van der Waals surface area (Å²) in [5.41, 5.74) is 1.24. The SMILES string of the molecule is O=C(NC1CCS(=O)(=O)C1)c1nc(C(=O)N2CCCC2)c2n1CCCC2. The Morgan fingerprint density at radius 1 is 1.08 bits per heavy atom. The monoisotopic (exact) mass is 380 g/mol. The fourth-order valence-electron chi connectivity index (χ4n) is 4.12. The summed E-state index contributed by atoms with van der Waals surface area (Å²) in [7, 11) is -3.06. The summed E-state index contributed by atoms with van der Waals surface area (Å²) in [5.74, 6) is -0.139. The molecule has 26 heavy (non-hydrogen) atoms. The van der Waals surface area contributed by atoms with Crippen LogP contribution in [0.5, 0.6) is 0 Å². The van der Waals surface area contributed by atoms with E-state index in [1.807, 2.05) is 9.47 Å². The molecule has 8 nitrogen and oxygen atoms in total. The number of amides is 2. The van der Waals surface area contributed by atoms with Crippen LogP contribution in [0.15, 0.2) is 0 Å². The lowest BCUT2D eigenvalue weighted by molar-refractivity contribution is 0.0786. The van der Waals surface area contributed by atoms with Gasteiger partial charge >= 0.3 is 0 Å². The average Bonchev–Trinajstić information content (AvgIpc) is 3.33. The topological polar surface area (TPSA) is 101 Å². The van der Waals surface area contributed by atoms with E-state index in [1.165, 1.54) is 0 Å². The van der Waals surface area contributed by atoms with Gasteiger partial charge in [0.1, 0.15) is 5.69 Å². The first-order valence-corrected chi connectivity index (χ1v) is 11.2. The first kappa shape index (κ1) is 17.5. The number of hydrogen-bond acceptors (Lipinski definition) is 5. The van der Waals surface area contributed by atoms with Crippen LogP contribution in [0.2, 0.25) is 0 Å². The number of carbonyl (C=O) groups is 2. The number of imidazole rings is 1. The summed E-state index contributed by atoms with van der Waals surface area (Å²) < 4.78 is 25.1. The highest BCUT2D eigenvalue weighted by Crippen LogP contribution is 2.24. The molecule has 1 N–H and O–H groups in total. The highest BCUT2D eigenvalue weighted by molar-refractivity contribution is 7.91. The second kappa shape index (κ2) is 6.68. The van der Waals surface area contributed by atoms with Gasteiger partial charge in [0.15, 0.2) is 15.7 Å². The molecule has 0 radical (unpaired) electrons. The van der Waals surface area contributed by atoms with Gasteiger partial charge in [-0.25, -0.2) is 13.4 Å². The molecule has 4 heterocycles. The van der Waals surface area contributed by atoms with E-state index >= 15 is 0 Å². The van der Waals surface area contributed by atoms with Crippen molar-refractivity contribution in [2.45, 2.75) is 51.1 Å². The number of rotatable bonds is 3. The molecule has 1 atom stereocenters. The first-order chi connectivity index (χ1) is 12.4. The van der Waals surface area contributed by atoms with Crippen LogP contribution in [-0.4, -0.2) is 65.3 Å². The van der Waals surface area contributed by atoms with Gasteiger partial charge in [0.25, 0.3) is 11.8 Å². The summed E-state index contributed by atoms with van der Waals surface area (Å²) in [6, 6.07) is -0.373. The van der Waals surface area contributed by atoms with Crippen molar-refractivity contribution in [1.29, 1.82) is 0 Å². The second-order valence-corrected chi connectivity index (χ2v) is 9.64. The summed E-state index contributed by atoms with van der Waals surface area (Å²) in [6.45, 7) is 2.15. The minimum absolute atomic E-state index is 0.0220. The molecule has 9 heteroatoms. The van der Waals surface area contributed by atoms with Crippen molar-refractivity contribution in [3.63, 3.8) is 0 Å². The number of nitrogens with zero attached hydrogens (tertiary/aromatic N) is 3. The normalized spacial score (nSPS) is 24.5. The van der Waals surface area contributed by atoms with Crippen LogP contribution in [0.4, 0.5) is 0 Å². The molecule has 4 rings (SSSR count). The highest BCUT2D eigenvalue weighted by atomic mass is 32.2. The summed E-state index contributed by atoms with van der Waals surface area (Å²) in [6.07, 6.45) is 5.11. The van der Waals surface area contributed by atoms with E-state index in [9.17, 15) is 18.0 Å². The minimum Gasteiger partial charge on any atom is -0.346 e. The molecule has 2 saturated heterocycles. The number of sulfone groups is 1. The van der Waals surface area contributed by atoms with E-state index in [-0.39, 0.29) is 35.2 Å². The fraction of sp³-hybridized carbons (Fsp3) is 0.706. The first-order valence-electron chi connectivity index (χ1n) is 9.34. The molecule has 0 spiro atoms. The lowest BCUT2D eigenvalue weighted by Gasteiger charge is -2.19. The molecule has 0 aromatic carbocycles. The standard InChI is InChI=1S/C17H24N4O4S/c22-16(18-12-6-10-26(24,25)11-12)15-19-14(13-5-1-2-9-21(13)15)17(23)20-7-3-4-8-20/h12H,1-11H2,(H,18,22). The molecular weight excluding hydrogens is 356 g/mol. The van der Waals surface area contributed by atoms with Crippen molar-refractivity contribution in [2.24, 2.45) is 0 Å². The van der Waals surface area contributed by atoms with E-state index in [0.717, 1.165) is 50.9 Å². The number of hydrogen-bond donors (Lipinski definition) is 1. The van der Waals surface area contributed by atoms with Gasteiger partial charge in [-0.3, -0.25) is 9.59 Å². The lowest BCUT2D eigenvalue weighted by Crippen LogP contribution is -2.37. The number of likely N-dealkylation sites (tertiary alicyclic amines) is 1. The molecule has 142 valence electrons. The fourth-order valence-corrected chi connectivity index (χ4v) is 5.79. The van der Waals surface area contributed by atoms with Gasteiger partial charge in [-0.05, 0) is 38.5 Å². The van der Waals surface area contributed by atoms with Gasteiger partial charge < -0.3 is 14.8 Å². The van der Waals surface area contributed by atoms with Gasteiger partial charge in [-0.2, -0.15) is 0 Å². The Morgan fingerprint density at radius 3 is 2.50 bits per heavy atom. The van der Waals surface area contributed by atoms with Crippen LogP contribution in [0, 0.1) is 0 Å². The number of aromatic nitrogens is 2. The molecule has 3 aliphatic rings. The van der Waals surface area contributed by atoms with Crippen molar-refractivity contribution in [3.8, 4) is 0 Å². The third-order valence-corrected chi connectivity index (χ3v) is 7.25. The zero-order valence-electron chi connectivity index (χ0n) is 14.7. The highest BCUT2D eigenvalue weighted by Gasteiger charge is 2.33. The number of fused-ring (bicyclic) bond motifs is 1. The Labute approximate surface area is 152 Å². The minimum atomic E-state index is -3.06. The maximum Gasteiger partial charge on any atom is 0.287 e. The smallest absolute Gasteiger partial charge is 0.287 e. The van der Waals surface area contributed by atoms with Crippen molar-refractivity contribution in [1.82, 2.24) is 19.8 Å². The van der Waals surface area contributed by atoms with Crippen molar-refractivity contribution >= 4 is 21.7 Å². The van der Waals surface area contributed by atoms with Crippen molar-refractivity contribution in [3.05, 3.63) is 17.2 Å². The van der Waals surface area contributed by atoms with Gasteiger partial charge in [0, 0.05) is 25.7 Å². The summed E-state index contributed by atoms with van der Waals surface area (Å²) in [5, 5.41) is 2.80. The Balaban J connectivity index is 1.59. The Kier molecular flexibility index (Phi) is 4.50. The van der Waals surface area contributed by atoms with E-state index in [4.69, 9.17) is 0 Å². The molecule has 2 amide bonds. The molecule has 0 bridgehead atoms. The number of nitrogens with one attached hydrogen (secondary N) is 1. The number of carbonyl (C=O) groups excluding carboxylic acids is 2. The average molecular weight is 380 g/mol. The Morgan fingerprint density at radius 2 is 1.81 bits per heavy atom. The van der Waals surface area contributed by atoms with Crippen LogP contribution in [0.25, 0.3) is 0 Å². The lowest BCUT2D eigenvalue weighted by atomic mass is 10.1. The summed E-state index contributed by atoms with van der Waals surface area (Å²) >= 11 is 0. The van der Waals surface area contributed by atoms with Crippen molar-refractivity contribution < 1.29 is 18.0 Å². The maximum atomic E-state index is 12.8. The molecule has 0 aliphatic carbocycles. The summed E-state index contributed by atoms with van der Waals surface area (Å²) in [4.78, 5) is 31.8. The predicted octanol–water partition coefficient (Wildman–Crippen LogP) is 0.372. The van der Waals surface area contributed by atoms with Crippen LogP contribution in [0.1, 0.15) is 58.9 Å². The second-order valence-electron chi connectivity index (χ2n) is 7.41. The largest absolute Gasteiger partial charge is 0.346 e. The zero-order chi connectivity index (χ0) is 18.3. The predicted molar refractivity (Wildman–Crippen MR) is 94.8 cm³/mol. The van der Waals surface area contributed by atoms with Gasteiger partial charge in [-0.15, -0.1) is 0 Å². The van der Waals surface area contributed by atoms with Crippen LogP contribution in [-0.2, 0) is 22.8 Å². The maximum absolute atomic E-state index is 12.8. The third kappa shape index (κ3) is 3.24. The van der Waals surface area contributed by atoms with E-state index in [2.05, 4.69) is 10.3 Å². The molecule has 2 fully saturated rings. The molecular formula is C17H24N4O4S. The molecule has 1 aromatic heterocycles. The third-order valence-electron chi connectivity index (χ3n) is 5.48. The van der Waals surface area contributed by atoms with Gasteiger partial charge in [-0.1, -0.05) is 0 Å². The quantitative estimate of drug-likeness (QED) is 0.816. The molecule has 1 unspecified atom stereocenters. The Hall–Kier alpha value is -1.90. The van der Waals surface area contributed by atoms with Gasteiger partial charge in [0.05, 0.1) is 17.2 Å². The molecule has 1 aromatic rings. The molecule has 3 aliphatic heterocycles. The zero-order valence-corrected chi connectivity index (χ0v) is 15.6. The molecule has 0 saturated carbocycles. The van der Waals surface area contributed by atoms with E-state index < -0.39 is 9.84 Å². The van der Waals surface area contributed by atoms with Crippen LogP contribution >= 0.6 is 0 Å². The van der Waals surface area contributed by atoms with Gasteiger partial charge in [0.2, 0.25) is 0 Å². The van der Waals surface area contributed by atoms with E-state index in [0.29, 0.717) is 18.7 Å². The van der Waals surface area contributed by atoms with Crippen LogP contribution < -0.4 is 5.32 Å². The van der Waals surface area contributed by atoms with Crippen molar-refractivity contribution in [2.75, 3.05) is 24.6 Å². The Bertz CT molecular complexity index is 839.